The Labute approximate surface area is 116 Å². The van der Waals surface area contributed by atoms with E-state index in [0.717, 1.165) is 30.2 Å². The lowest BCUT2D eigenvalue weighted by molar-refractivity contribution is 0.833. The summed E-state index contributed by atoms with van der Waals surface area (Å²) in [5.41, 5.74) is 4.18. The van der Waals surface area contributed by atoms with Crippen LogP contribution in [-0.4, -0.2) is 16.5 Å². The molecule has 98 valence electrons. The van der Waals surface area contributed by atoms with Gasteiger partial charge in [-0.2, -0.15) is 0 Å². The van der Waals surface area contributed by atoms with Crippen LogP contribution in [0.5, 0.6) is 0 Å². The second kappa shape index (κ2) is 6.85. The number of hydrogen-bond acceptors (Lipinski definition) is 5. The number of hydrogen-bond donors (Lipinski definition) is 1. The number of thiazole rings is 2. The molecule has 0 aromatic carbocycles. The minimum absolute atomic E-state index is 1.01. The summed E-state index contributed by atoms with van der Waals surface area (Å²) >= 11 is 3.37. The van der Waals surface area contributed by atoms with Gasteiger partial charge in [0.15, 0.2) is 5.13 Å². The van der Waals surface area contributed by atoms with Gasteiger partial charge in [-0.15, -0.1) is 22.7 Å². The van der Waals surface area contributed by atoms with E-state index in [1.165, 1.54) is 23.4 Å². The van der Waals surface area contributed by atoms with E-state index in [4.69, 9.17) is 0 Å². The van der Waals surface area contributed by atoms with Crippen molar-refractivity contribution in [3.05, 3.63) is 16.6 Å². The maximum atomic E-state index is 4.65. The van der Waals surface area contributed by atoms with Crippen molar-refractivity contribution in [3.63, 3.8) is 0 Å². The van der Waals surface area contributed by atoms with Gasteiger partial charge in [-0.25, -0.2) is 9.97 Å². The number of nitrogens with zero attached hydrogens (tertiary/aromatic N) is 2. The lowest BCUT2D eigenvalue weighted by atomic mass is 10.2. The van der Waals surface area contributed by atoms with Gasteiger partial charge < -0.3 is 5.32 Å². The molecule has 0 radical (unpaired) electrons. The topological polar surface area (TPSA) is 37.8 Å². The Hall–Kier alpha value is -0.940. The number of nitrogens with one attached hydrogen (secondary N) is 1. The smallest absolute Gasteiger partial charge is 0.183 e. The summed E-state index contributed by atoms with van der Waals surface area (Å²) < 4.78 is 0. The van der Waals surface area contributed by atoms with E-state index in [1.807, 2.05) is 5.51 Å². The van der Waals surface area contributed by atoms with Crippen molar-refractivity contribution < 1.29 is 0 Å². The molecular weight excluding hydrogens is 262 g/mol. The lowest BCUT2D eigenvalue weighted by Gasteiger charge is -1.99. The van der Waals surface area contributed by atoms with E-state index in [1.54, 1.807) is 22.7 Å². The van der Waals surface area contributed by atoms with Crippen LogP contribution in [0.3, 0.4) is 0 Å². The summed E-state index contributed by atoms with van der Waals surface area (Å²) in [5.74, 6) is 0. The first-order chi connectivity index (χ1) is 8.85. The van der Waals surface area contributed by atoms with E-state index >= 15 is 0 Å². The van der Waals surface area contributed by atoms with Crippen LogP contribution in [0.1, 0.15) is 38.8 Å². The number of anilines is 1. The van der Waals surface area contributed by atoms with Crippen molar-refractivity contribution >= 4 is 27.8 Å². The fourth-order valence-corrected chi connectivity index (χ4v) is 3.33. The third-order valence-electron chi connectivity index (χ3n) is 2.67. The molecule has 2 aromatic rings. The van der Waals surface area contributed by atoms with Gasteiger partial charge in [-0.3, -0.25) is 0 Å². The van der Waals surface area contributed by atoms with Crippen LogP contribution in [0, 0.1) is 0 Å². The molecule has 0 aliphatic heterocycles. The molecule has 2 rings (SSSR count). The minimum atomic E-state index is 1.01. The number of rotatable bonds is 7. The summed E-state index contributed by atoms with van der Waals surface area (Å²) in [6.45, 7) is 5.39. The first-order valence-electron chi connectivity index (χ1n) is 6.47. The summed E-state index contributed by atoms with van der Waals surface area (Å²) in [7, 11) is 0. The molecule has 0 saturated heterocycles. The molecule has 0 aliphatic carbocycles. The maximum Gasteiger partial charge on any atom is 0.183 e. The zero-order valence-electron chi connectivity index (χ0n) is 10.9. The van der Waals surface area contributed by atoms with Crippen molar-refractivity contribution in [3.8, 4) is 10.6 Å². The van der Waals surface area contributed by atoms with Crippen LogP contribution >= 0.6 is 22.7 Å². The monoisotopic (exact) mass is 281 g/mol. The Bertz CT molecular complexity index is 476. The Balaban J connectivity index is 2.06. The molecule has 5 heteroatoms. The van der Waals surface area contributed by atoms with Crippen LogP contribution in [0.15, 0.2) is 10.9 Å². The Morgan fingerprint density at radius 2 is 2.11 bits per heavy atom. The molecule has 3 nitrogen and oxygen atoms in total. The maximum absolute atomic E-state index is 4.65. The van der Waals surface area contributed by atoms with Gasteiger partial charge in [-0.05, 0) is 12.8 Å². The summed E-state index contributed by atoms with van der Waals surface area (Å²) in [6, 6.07) is 0. The number of aryl methyl sites for hydroxylation is 1. The van der Waals surface area contributed by atoms with Crippen LogP contribution in [0.25, 0.3) is 10.6 Å². The lowest BCUT2D eigenvalue weighted by Crippen LogP contribution is -1.99. The Kier molecular flexibility index (Phi) is 5.13. The third kappa shape index (κ3) is 3.29. The molecule has 0 atom stereocenters. The highest BCUT2D eigenvalue weighted by Gasteiger charge is 2.11. The molecule has 0 saturated carbocycles. The van der Waals surface area contributed by atoms with Crippen molar-refractivity contribution in [1.82, 2.24) is 9.97 Å². The summed E-state index contributed by atoms with van der Waals surface area (Å²) in [6.07, 6.45) is 4.56. The van der Waals surface area contributed by atoms with Gasteiger partial charge in [0.25, 0.3) is 0 Å². The molecule has 0 fully saturated rings. The second-order valence-corrected chi connectivity index (χ2v) is 5.91. The third-order valence-corrected chi connectivity index (χ3v) is 4.36. The molecule has 18 heavy (non-hydrogen) atoms. The van der Waals surface area contributed by atoms with Crippen LogP contribution in [0.2, 0.25) is 0 Å². The van der Waals surface area contributed by atoms with Crippen molar-refractivity contribution in [2.75, 3.05) is 11.9 Å². The largest absolute Gasteiger partial charge is 0.362 e. The average Bonchev–Trinajstić information content (AvgIpc) is 2.98. The Morgan fingerprint density at radius 3 is 2.89 bits per heavy atom. The highest BCUT2D eigenvalue weighted by molar-refractivity contribution is 7.15. The van der Waals surface area contributed by atoms with Gasteiger partial charge in [0.05, 0.1) is 21.8 Å². The van der Waals surface area contributed by atoms with Crippen LogP contribution < -0.4 is 5.32 Å². The van der Waals surface area contributed by atoms with Gasteiger partial charge in [0.1, 0.15) is 0 Å². The zero-order chi connectivity index (χ0) is 12.8. The second-order valence-electron chi connectivity index (χ2n) is 4.20. The highest BCUT2D eigenvalue weighted by Crippen LogP contribution is 2.31. The molecule has 2 heterocycles. The molecule has 0 spiro atoms. The number of unbranched alkanes of at least 4 members (excludes halogenated alkanes) is 1. The molecule has 1 N–H and O–H groups in total. The van der Waals surface area contributed by atoms with Gasteiger partial charge in [0.2, 0.25) is 0 Å². The van der Waals surface area contributed by atoms with Gasteiger partial charge in [-0.1, -0.05) is 26.7 Å². The minimum Gasteiger partial charge on any atom is -0.362 e. The first kappa shape index (κ1) is 13.5. The first-order valence-corrected chi connectivity index (χ1v) is 8.23. The van der Waals surface area contributed by atoms with Crippen LogP contribution in [-0.2, 0) is 6.42 Å². The summed E-state index contributed by atoms with van der Waals surface area (Å²) in [4.78, 5) is 10.3. The van der Waals surface area contributed by atoms with Gasteiger partial charge >= 0.3 is 0 Å². The van der Waals surface area contributed by atoms with Crippen molar-refractivity contribution in [1.29, 1.82) is 0 Å². The van der Waals surface area contributed by atoms with E-state index in [0.29, 0.717) is 0 Å². The fourth-order valence-electron chi connectivity index (χ4n) is 1.72. The molecule has 0 amide bonds. The predicted molar refractivity (Wildman–Crippen MR) is 80.6 cm³/mol. The van der Waals surface area contributed by atoms with E-state index in [2.05, 4.69) is 34.5 Å². The van der Waals surface area contributed by atoms with E-state index in [-0.39, 0.29) is 0 Å². The predicted octanol–water partition coefficient (Wildman–Crippen LogP) is 4.43. The molecule has 2 aromatic heterocycles. The molecule has 0 bridgehead atoms. The standard InChI is InChI=1S/C13H19N3S2/c1-3-5-7-14-13-16-11(8-17-13)12-10(6-4-2)15-9-18-12/h8-9H,3-7H2,1-2H3,(H,14,16). The fraction of sp³-hybridized carbons (Fsp3) is 0.538. The van der Waals surface area contributed by atoms with Crippen LogP contribution in [0.4, 0.5) is 5.13 Å². The molecular formula is C13H19N3S2. The van der Waals surface area contributed by atoms with E-state index in [9.17, 15) is 0 Å². The highest BCUT2D eigenvalue weighted by atomic mass is 32.1. The van der Waals surface area contributed by atoms with Gasteiger partial charge in [0, 0.05) is 11.9 Å². The number of aromatic nitrogens is 2. The molecule has 0 aliphatic rings. The molecule has 0 unspecified atom stereocenters. The quantitative estimate of drug-likeness (QED) is 0.763. The SMILES string of the molecule is CCCCNc1nc(-c2scnc2CCC)cs1. The summed E-state index contributed by atoms with van der Waals surface area (Å²) in [5, 5.41) is 6.52. The average molecular weight is 281 g/mol. The normalized spacial score (nSPS) is 10.8. The van der Waals surface area contributed by atoms with Crippen molar-refractivity contribution in [2.45, 2.75) is 39.5 Å². The Morgan fingerprint density at radius 1 is 1.22 bits per heavy atom. The van der Waals surface area contributed by atoms with Crippen molar-refractivity contribution in [2.24, 2.45) is 0 Å². The zero-order valence-corrected chi connectivity index (χ0v) is 12.5. The van der Waals surface area contributed by atoms with E-state index < -0.39 is 0 Å².